The van der Waals surface area contributed by atoms with Crippen molar-refractivity contribution in [1.82, 2.24) is 0 Å². The standard InChI is InChI=1S/C10H11FO4S/c1-7(10(12)13)6-16(14,15)9-4-2-8(11)3-5-9/h2-5,7H,6H2,1H3,(H,12,13). The van der Waals surface area contributed by atoms with E-state index in [-0.39, 0.29) is 4.90 Å². The molecule has 6 heteroatoms. The number of carbonyl (C=O) groups is 1. The Labute approximate surface area is 92.6 Å². The number of benzene rings is 1. The maximum atomic E-state index is 12.6. The zero-order valence-corrected chi connectivity index (χ0v) is 9.37. The van der Waals surface area contributed by atoms with E-state index in [0.717, 1.165) is 24.3 Å². The molecule has 0 aliphatic rings. The summed E-state index contributed by atoms with van der Waals surface area (Å²) in [7, 11) is -3.67. The third-order valence-corrected chi connectivity index (χ3v) is 3.99. The summed E-state index contributed by atoms with van der Waals surface area (Å²) in [5.74, 6) is -3.19. The predicted octanol–water partition coefficient (Wildman–Crippen LogP) is 1.32. The van der Waals surface area contributed by atoms with E-state index >= 15 is 0 Å². The van der Waals surface area contributed by atoms with Crippen LogP contribution in [-0.4, -0.2) is 25.2 Å². The van der Waals surface area contributed by atoms with Crippen molar-refractivity contribution >= 4 is 15.8 Å². The van der Waals surface area contributed by atoms with Gasteiger partial charge in [0.15, 0.2) is 9.84 Å². The van der Waals surface area contributed by atoms with Crippen LogP contribution in [0.1, 0.15) is 6.92 Å². The summed E-state index contributed by atoms with van der Waals surface area (Å²) in [6.45, 7) is 1.31. The molecule has 0 fully saturated rings. The zero-order valence-electron chi connectivity index (χ0n) is 8.55. The molecule has 0 saturated heterocycles. The molecule has 0 aliphatic carbocycles. The Morgan fingerprint density at radius 3 is 2.31 bits per heavy atom. The van der Waals surface area contributed by atoms with E-state index in [9.17, 15) is 17.6 Å². The molecule has 1 aromatic rings. The monoisotopic (exact) mass is 246 g/mol. The highest BCUT2D eigenvalue weighted by atomic mass is 32.2. The average molecular weight is 246 g/mol. The Kier molecular flexibility index (Phi) is 3.64. The maximum absolute atomic E-state index is 12.6. The number of carboxylic acid groups (broad SMARTS) is 1. The number of halogens is 1. The van der Waals surface area contributed by atoms with E-state index in [1.807, 2.05) is 0 Å². The minimum atomic E-state index is -3.67. The zero-order chi connectivity index (χ0) is 12.3. The lowest BCUT2D eigenvalue weighted by atomic mass is 10.2. The van der Waals surface area contributed by atoms with Crippen LogP contribution in [0.2, 0.25) is 0 Å². The smallest absolute Gasteiger partial charge is 0.307 e. The molecule has 1 unspecified atom stereocenters. The van der Waals surface area contributed by atoms with Crippen LogP contribution in [-0.2, 0) is 14.6 Å². The summed E-state index contributed by atoms with van der Waals surface area (Å²) in [5, 5.41) is 8.61. The predicted molar refractivity (Wildman–Crippen MR) is 55.3 cm³/mol. The fourth-order valence-corrected chi connectivity index (χ4v) is 2.68. The summed E-state index contributed by atoms with van der Waals surface area (Å²) in [4.78, 5) is 10.5. The first-order valence-electron chi connectivity index (χ1n) is 4.54. The quantitative estimate of drug-likeness (QED) is 0.813. The molecule has 1 rings (SSSR count). The van der Waals surface area contributed by atoms with Crippen molar-refractivity contribution in [1.29, 1.82) is 0 Å². The van der Waals surface area contributed by atoms with Crippen molar-refractivity contribution in [3.05, 3.63) is 30.1 Å². The van der Waals surface area contributed by atoms with Crippen molar-refractivity contribution in [2.75, 3.05) is 5.75 Å². The second kappa shape index (κ2) is 4.61. The summed E-state index contributed by atoms with van der Waals surface area (Å²) in [6.07, 6.45) is 0. The summed E-state index contributed by atoms with van der Waals surface area (Å²) >= 11 is 0. The summed E-state index contributed by atoms with van der Waals surface area (Å²) < 4.78 is 35.9. The van der Waals surface area contributed by atoms with Gasteiger partial charge in [-0.3, -0.25) is 4.79 Å². The van der Waals surface area contributed by atoms with Crippen molar-refractivity contribution in [2.24, 2.45) is 5.92 Å². The van der Waals surface area contributed by atoms with Gasteiger partial charge < -0.3 is 5.11 Å². The van der Waals surface area contributed by atoms with Crippen LogP contribution < -0.4 is 0 Å². The summed E-state index contributed by atoms with van der Waals surface area (Å²) in [5.41, 5.74) is 0. The molecule has 1 aromatic carbocycles. The SMILES string of the molecule is CC(CS(=O)(=O)c1ccc(F)cc1)C(=O)O. The lowest BCUT2D eigenvalue weighted by molar-refractivity contribution is -0.140. The lowest BCUT2D eigenvalue weighted by Gasteiger charge is -2.07. The molecule has 16 heavy (non-hydrogen) atoms. The van der Waals surface area contributed by atoms with Gasteiger partial charge in [0.1, 0.15) is 5.82 Å². The Balaban J connectivity index is 2.94. The van der Waals surface area contributed by atoms with Crippen LogP contribution in [0.3, 0.4) is 0 Å². The van der Waals surface area contributed by atoms with Gasteiger partial charge in [-0.15, -0.1) is 0 Å². The number of sulfone groups is 1. The van der Waals surface area contributed by atoms with Gasteiger partial charge in [0, 0.05) is 0 Å². The Morgan fingerprint density at radius 1 is 1.38 bits per heavy atom. The van der Waals surface area contributed by atoms with Crippen molar-refractivity contribution in [3.63, 3.8) is 0 Å². The first-order chi connectivity index (χ1) is 7.33. The van der Waals surface area contributed by atoms with E-state index in [1.54, 1.807) is 0 Å². The van der Waals surface area contributed by atoms with E-state index in [0.29, 0.717) is 0 Å². The van der Waals surface area contributed by atoms with Crippen LogP contribution in [0.4, 0.5) is 4.39 Å². The summed E-state index contributed by atoms with van der Waals surface area (Å²) in [6, 6.07) is 4.30. The largest absolute Gasteiger partial charge is 0.481 e. The van der Waals surface area contributed by atoms with E-state index in [2.05, 4.69) is 0 Å². The third-order valence-electron chi connectivity index (χ3n) is 2.06. The fourth-order valence-electron chi connectivity index (χ4n) is 1.14. The van der Waals surface area contributed by atoms with E-state index in [1.165, 1.54) is 6.92 Å². The number of rotatable bonds is 4. The fraction of sp³-hybridized carbons (Fsp3) is 0.300. The van der Waals surface area contributed by atoms with Crippen LogP contribution in [0.5, 0.6) is 0 Å². The highest BCUT2D eigenvalue weighted by Crippen LogP contribution is 2.14. The topological polar surface area (TPSA) is 71.4 Å². The average Bonchev–Trinajstić information content (AvgIpc) is 2.17. The molecule has 0 aliphatic heterocycles. The second-order valence-corrected chi connectivity index (χ2v) is 5.51. The van der Waals surface area contributed by atoms with Gasteiger partial charge in [0.25, 0.3) is 0 Å². The first-order valence-corrected chi connectivity index (χ1v) is 6.19. The number of hydrogen-bond donors (Lipinski definition) is 1. The van der Waals surface area contributed by atoms with Gasteiger partial charge in [-0.05, 0) is 24.3 Å². The van der Waals surface area contributed by atoms with Gasteiger partial charge in [0.2, 0.25) is 0 Å². The molecule has 0 bridgehead atoms. The number of hydrogen-bond acceptors (Lipinski definition) is 3. The Hall–Kier alpha value is -1.43. The molecule has 4 nitrogen and oxygen atoms in total. The van der Waals surface area contributed by atoms with Gasteiger partial charge in [-0.1, -0.05) is 6.92 Å². The first kappa shape index (κ1) is 12.6. The normalized spacial score (nSPS) is 13.4. The molecular weight excluding hydrogens is 235 g/mol. The maximum Gasteiger partial charge on any atom is 0.307 e. The minimum absolute atomic E-state index is 0.0676. The number of aliphatic carboxylic acids is 1. The van der Waals surface area contributed by atoms with Gasteiger partial charge in [-0.25, -0.2) is 12.8 Å². The molecule has 1 atom stereocenters. The van der Waals surface area contributed by atoms with E-state index < -0.39 is 33.3 Å². The van der Waals surface area contributed by atoms with Gasteiger partial charge >= 0.3 is 5.97 Å². The lowest BCUT2D eigenvalue weighted by Crippen LogP contribution is -2.21. The molecule has 0 saturated carbocycles. The van der Waals surface area contributed by atoms with Crippen molar-refractivity contribution in [3.8, 4) is 0 Å². The molecular formula is C10H11FO4S. The molecule has 0 amide bonds. The highest BCUT2D eigenvalue weighted by molar-refractivity contribution is 7.91. The van der Waals surface area contributed by atoms with Crippen LogP contribution in [0, 0.1) is 11.7 Å². The highest BCUT2D eigenvalue weighted by Gasteiger charge is 2.22. The second-order valence-electron chi connectivity index (χ2n) is 3.47. The molecule has 88 valence electrons. The molecule has 0 aromatic heterocycles. The van der Waals surface area contributed by atoms with Gasteiger partial charge in [0.05, 0.1) is 16.6 Å². The Bertz CT molecular complexity index is 478. The Morgan fingerprint density at radius 2 is 1.88 bits per heavy atom. The minimum Gasteiger partial charge on any atom is -0.481 e. The van der Waals surface area contributed by atoms with E-state index in [4.69, 9.17) is 5.11 Å². The molecule has 0 radical (unpaired) electrons. The van der Waals surface area contributed by atoms with Crippen LogP contribution in [0.15, 0.2) is 29.2 Å². The molecule has 0 spiro atoms. The molecule has 1 N–H and O–H groups in total. The third kappa shape index (κ3) is 3.03. The van der Waals surface area contributed by atoms with Crippen molar-refractivity contribution < 1.29 is 22.7 Å². The van der Waals surface area contributed by atoms with Crippen molar-refractivity contribution in [2.45, 2.75) is 11.8 Å². The van der Waals surface area contributed by atoms with Crippen LogP contribution in [0.25, 0.3) is 0 Å². The van der Waals surface area contributed by atoms with Crippen LogP contribution >= 0.6 is 0 Å². The molecule has 0 heterocycles. The number of carboxylic acids is 1. The van der Waals surface area contributed by atoms with Gasteiger partial charge in [-0.2, -0.15) is 0 Å².